The molecule has 1 aliphatic carbocycles. The van der Waals surface area contributed by atoms with Crippen LogP contribution in [-0.4, -0.2) is 22.9 Å². The number of rotatable bonds is 4. The number of allylic oxidation sites excluding steroid dienone is 2. The quantitative estimate of drug-likeness (QED) is 0.329. The van der Waals surface area contributed by atoms with E-state index in [0.717, 1.165) is 16.0 Å². The third kappa shape index (κ3) is 3.98. The number of hydrogen-bond donors (Lipinski definition) is 1. The molecular formula is C22H21FO3S. The first kappa shape index (κ1) is 19.4. The highest BCUT2D eigenvalue weighted by molar-refractivity contribution is 7.98. The van der Waals surface area contributed by atoms with Gasteiger partial charge in [-0.15, -0.1) is 11.8 Å². The van der Waals surface area contributed by atoms with Crippen molar-refractivity contribution in [2.45, 2.75) is 37.0 Å². The summed E-state index contributed by atoms with van der Waals surface area (Å²) in [5.74, 6) is -1.33. The minimum Gasteiger partial charge on any atom is -0.511 e. The highest BCUT2D eigenvalue weighted by atomic mass is 32.2. The number of aliphatic hydroxyl groups is 1. The second-order valence-electron chi connectivity index (χ2n) is 6.60. The van der Waals surface area contributed by atoms with Gasteiger partial charge in [-0.2, -0.15) is 0 Å². The van der Waals surface area contributed by atoms with Gasteiger partial charge in [-0.25, -0.2) is 4.39 Å². The topological polar surface area (TPSA) is 54.4 Å². The molecule has 1 fully saturated rings. The van der Waals surface area contributed by atoms with E-state index >= 15 is 0 Å². The first-order chi connectivity index (χ1) is 12.9. The van der Waals surface area contributed by atoms with Crippen LogP contribution in [0.2, 0.25) is 0 Å². The Bertz CT molecular complexity index is 913. The van der Waals surface area contributed by atoms with Crippen LogP contribution in [0.3, 0.4) is 0 Å². The van der Waals surface area contributed by atoms with Crippen LogP contribution >= 0.6 is 11.8 Å². The van der Waals surface area contributed by atoms with Gasteiger partial charge in [0.15, 0.2) is 11.6 Å². The number of halogens is 1. The maximum absolute atomic E-state index is 14.4. The first-order valence-electron chi connectivity index (χ1n) is 8.87. The average Bonchev–Trinajstić information content (AvgIpc) is 2.67. The number of carbonyl (C=O) groups excluding carboxylic acids is 2. The predicted octanol–water partition coefficient (Wildman–Crippen LogP) is 5.45. The Kier molecular flexibility index (Phi) is 5.80. The molecule has 0 atom stereocenters. The van der Waals surface area contributed by atoms with Crippen LogP contribution in [0.25, 0.3) is 11.1 Å². The molecule has 0 unspecified atom stereocenters. The summed E-state index contributed by atoms with van der Waals surface area (Å²) in [5, 5.41) is 9.84. The fraction of sp³-hybridized carbons (Fsp3) is 0.273. The molecule has 0 amide bonds. The molecule has 0 spiro atoms. The minimum absolute atomic E-state index is 0.0522. The van der Waals surface area contributed by atoms with Crippen LogP contribution < -0.4 is 0 Å². The van der Waals surface area contributed by atoms with Gasteiger partial charge in [-0.1, -0.05) is 37.3 Å². The molecule has 1 saturated carbocycles. The summed E-state index contributed by atoms with van der Waals surface area (Å²) < 4.78 is 14.4. The molecule has 0 aliphatic heterocycles. The average molecular weight is 384 g/mol. The molecule has 0 radical (unpaired) electrons. The zero-order chi connectivity index (χ0) is 19.6. The zero-order valence-electron chi connectivity index (χ0n) is 15.3. The Hall–Kier alpha value is -2.40. The van der Waals surface area contributed by atoms with Crippen LogP contribution in [0.4, 0.5) is 4.39 Å². The van der Waals surface area contributed by atoms with E-state index in [1.807, 2.05) is 36.6 Å². The molecule has 27 heavy (non-hydrogen) atoms. The van der Waals surface area contributed by atoms with Gasteiger partial charge in [-0.3, -0.25) is 9.59 Å². The molecule has 1 aliphatic rings. The molecule has 2 aromatic carbocycles. The van der Waals surface area contributed by atoms with Gasteiger partial charge in [-0.05, 0) is 35.4 Å². The largest absolute Gasteiger partial charge is 0.511 e. The number of ketones is 2. The molecule has 1 N–H and O–H groups in total. The predicted molar refractivity (Wildman–Crippen MR) is 106 cm³/mol. The Morgan fingerprint density at radius 1 is 1.15 bits per heavy atom. The summed E-state index contributed by atoms with van der Waals surface area (Å²) >= 11 is 1.48. The van der Waals surface area contributed by atoms with E-state index in [1.165, 1.54) is 17.8 Å². The lowest BCUT2D eigenvalue weighted by atomic mass is 9.79. The van der Waals surface area contributed by atoms with E-state index in [-0.39, 0.29) is 53.9 Å². The van der Waals surface area contributed by atoms with E-state index in [0.29, 0.717) is 5.56 Å². The molecular weight excluding hydrogens is 363 g/mol. The molecule has 0 aromatic heterocycles. The maximum atomic E-state index is 14.4. The molecule has 3 rings (SSSR count). The maximum Gasteiger partial charge on any atom is 0.170 e. The lowest BCUT2D eigenvalue weighted by molar-refractivity contribution is -0.124. The van der Waals surface area contributed by atoms with E-state index in [9.17, 15) is 19.1 Å². The van der Waals surface area contributed by atoms with Crippen LogP contribution in [0.5, 0.6) is 0 Å². The van der Waals surface area contributed by atoms with Crippen molar-refractivity contribution in [1.82, 2.24) is 0 Å². The van der Waals surface area contributed by atoms with Crippen molar-refractivity contribution in [3.8, 4) is 11.1 Å². The van der Waals surface area contributed by atoms with Crippen molar-refractivity contribution >= 4 is 23.3 Å². The van der Waals surface area contributed by atoms with E-state index in [2.05, 4.69) is 0 Å². The third-order valence-corrected chi connectivity index (χ3v) is 5.62. The Labute approximate surface area is 162 Å². The number of Topliss-reactive ketones (excluding diaryl/α,β-unsaturated/α-hetero) is 2. The van der Waals surface area contributed by atoms with Gasteiger partial charge in [0.25, 0.3) is 0 Å². The van der Waals surface area contributed by atoms with Crippen molar-refractivity contribution in [1.29, 1.82) is 0 Å². The zero-order valence-corrected chi connectivity index (χ0v) is 16.1. The highest BCUT2D eigenvalue weighted by Gasteiger charge is 2.33. The molecule has 0 bridgehead atoms. The molecule has 2 aromatic rings. The standard InChI is InChI=1S/C22H21FO3S/c1-3-19(24)22-20(25)10-15(11-21(22)26)13-5-4-6-14(9-13)17-8-7-16(27-2)12-18(17)23/h4-9,12,15,24H,3,10-11H2,1-2H3. The molecule has 3 nitrogen and oxygen atoms in total. The van der Waals surface area contributed by atoms with Crippen molar-refractivity contribution in [2.24, 2.45) is 0 Å². The normalized spacial score (nSPS) is 17.3. The second-order valence-corrected chi connectivity index (χ2v) is 7.48. The lowest BCUT2D eigenvalue weighted by Gasteiger charge is -2.23. The van der Waals surface area contributed by atoms with E-state index < -0.39 is 0 Å². The molecule has 0 heterocycles. The van der Waals surface area contributed by atoms with Crippen molar-refractivity contribution in [3.05, 3.63) is 65.2 Å². The van der Waals surface area contributed by atoms with E-state index in [1.54, 1.807) is 13.0 Å². The molecule has 140 valence electrons. The van der Waals surface area contributed by atoms with Gasteiger partial charge in [0, 0.05) is 29.7 Å². The summed E-state index contributed by atoms with van der Waals surface area (Å²) in [6, 6.07) is 12.5. The number of aliphatic hydroxyl groups excluding tert-OH is 1. The van der Waals surface area contributed by atoms with Crippen LogP contribution in [0, 0.1) is 5.82 Å². The summed E-state index contributed by atoms with van der Waals surface area (Å²) in [7, 11) is 0. The fourth-order valence-corrected chi connectivity index (χ4v) is 3.86. The number of thioether (sulfide) groups is 1. The van der Waals surface area contributed by atoms with Crippen molar-refractivity contribution in [2.75, 3.05) is 6.26 Å². The molecule has 0 saturated heterocycles. The summed E-state index contributed by atoms with van der Waals surface area (Å²) in [4.78, 5) is 25.6. The summed E-state index contributed by atoms with van der Waals surface area (Å²) in [6.07, 6.45) is 2.49. The Morgan fingerprint density at radius 3 is 2.44 bits per heavy atom. The smallest absolute Gasteiger partial charge is 0.170 e. The van der Waals surface area contributed by atoms with Crippen molar-refractivity contribution in [3.63, 3.8) is 0 Å². The van der Waals surface area contributed by atoms with Gasteiger partial charge >= 0.3 is 0 Å². The second kappa shape index (κ2) is 8.09. The fourth-order valence-electron chi connectivity index (χ4n) is 3.43. The minimum atomic E-state index is -0.323. The Balaban J connectivity index is 1.91. The first-order valence-corrected chi connectivity index (χ1v) is 10.1. The van der Waals surface area contributed by atoms with Crippen LogP contribution in [-0.2, 0) is 9.59 Å². The van der Waals surface area contributed by atoms with Gasteiger partial charge in [0.2, 0.25) is 0 Å². The van der Waals surface area contributed by atoms with E-state index in [4.69, 9.17) is 0 Å². The molecule has 5 heteroatoms. The summed E-state index contributed by atoms with van der Waals surface area (Å²) in [5.41, 5.74) is 1.99. The number of carbonyl (C=O) groups is 2. The monoisotopic (exact) mass is 384 g/mol. The van der Waals surface area contributed by atoms with Crippen LogP contribution in [0.15, 0.2) is 58.7 Å². The van der Waals surface area contributed by atoms with Gasteiger partial charge in [0.05, 0.1) is 5.57 Å². The lowest BCUT2D eigenvalue weighted by Crippen LogP contribution is -2.26. The SMILES string of the molecule is CCC(O)=C1C(=O)CC(c2cccc(-c3ccc(SC)cc3F)c2)CC1=O. The van der Waals surface area contributed by atoms with Gasteiger partial charge < -0.3 is 5.11 Å². The van der Waals surface area contributed by atoms with Gasteiger partial charge in [0.1, 0.15) is 11.6 Å². The number of hydrogen-bond acceptors (Lipinski definition) is 4. The van der Waals surface area contributed by atoms with Crippen LogP contribution in [0.1, 0.15) is 37.7 Å². The highest BCUT2D eigenvalue weighted by Crippen LogP contribution is 2.35. The Morgan fingerprint density at radius 2 is 1.85 bits per heavy atom. The summed E-state index contributed by atoms with van der Waals surface area (Å²) in [6.45, 7) is 1.70. The number of benzene rings is 2. The van der Waals surface area contributed by atoms with Crippen molar-refractivity contribution < 1.29 is 19.1 Å². The third-order valence-electron chi connectivity index (χ3n) is 4.89.